The second-order valence-electron chi connectivity index (χ2n) is 7.28. The molecule has 0 fully saturated rings. The lowest BCUT2D eigenvalue weighted by Gasteiger charge is -2.27. The molecule has 0 rings (SSSR count). The zero-order valence-electron chi connectivity index (χ0n) is 17.7. The van der Waals surface area contributed by atoms with Gasteiger partial charge in [0.05, 0.1) is 12.1 Å². The van der Waals surface area contributed by atoms with Crippen molar-refractivity contribution in [2.45, 2.75) is 77.2 Å². The number of amides is 4. The molecule has 0 bridgehead atoms. The Morgan fingerprint density at radius 1 is 0.900 bits per heavy atom. The van der Waals surface area contributed by atoms with Crippen LogP contribution in [0.25, 0.3) is 0 Å². The summed E-state index contributed by atoms with van der Waals surface area (Å²) in [5, 5.41) is 25.5. The Hall–Kier alpha value is -2.73. The third-order valence-corrected chi connectivity index (χ3v) is 4.63. The zero-order chi connectivity index (χ0) is 23.6. The average Bonchev–Trinajstić information content (AvgIpc) is 2.66. The SMILES string of the molecule is CCC(C)C(NC(=O)C(N)CCC(N)=O)C(=O)NC(C)C(=O)NC(C(=O)O)C(C)O. The number of carboxylic acids is 1. The minimum Gasteiger partial charge on any atom is -0.480 e. The molecule has 0 heterocycles. The number of aliphatic carboxylic acids is 1. The average molecular weight is 431 g/mol. The van der Waals surface area contributed by atoms with Gasteiger partial charge < -0.3 is 37.6 Å². The second kappa shape index (κ2) is 12.8. The number of hydrogen-bond acceptors (Lipinski definition) is 7. The van der Waals surface area contributed by atoms with Crippen LogP contribution in [0, 0.1) is 5.92 Å². The first kappa shape index (κ1) is 27.3. The fraction of sp³-hybridized carbons (Fsp3) is 0.722. The smallest absolute Gasteiger partial charge is 0.328 e. The molecule has 0 radical (unpaired) electrons. The van der Waals surface area contributed by atoms with Crippen LogP contribution in [0.1, 0.15) is 47.0 Å². The number of carbonyl (C=O) groups excluding carboxylic acids is 4. The van der Waals surface area contributed by atoms with Crippen LogP contribution in [-0.2, 0) is 24.0 Å². The molecule has 4 amide bonds. The summed E-state index contributed by atoms with van der Waals surface area (Å²) in [6.07, 6.45) is -0.882. The molecule has 12 nitrogen and oxygen atoms in total. The van der Waals surface area contributed by atoms with Gasteiger partial charge in [0.15, 0.2) is 6.04 Å². The van der Waals surface area contributed by atoms with Crippen LogP contribution in [0.15, 0.2) is 0 Å². The molecule has 0 aromatic heterocycles. The summed E-state index contributed by atoms with van der Waals surface area (Å²) >= 11 is 0. The van der Waals surface area contributed by atoms with E-state index in [1.165, 1.54) is 13.8 Å². The Morgan fingerprint density at radius 2 is 1.43 bits per heavy atom. The summed E-state index contributed by atoms with van der Waals surface area (Å²) in [6.45, 7) is 6.07. The predicted molar refractivity (Wildman–Crippen MR) is 107 cm³/mol. The largest absolute Gasteiger partial charge is 0.480 e. The van der Waals surface area contributed by atoms with E-state index >= 15 is 0 Å². The van der Waals surface area contributed by atoms with E-state index in [9.17, 15) is 29.1 Å². The number of carboxylic acid groups (broad SMARTS) is 1. The summed E-state index contributed by atoms with van der Waals surface area (Å²) in [7, 11) is 0. The number of nitrogens with two attached hydrogens (primary N) is 2. The van der Waals surface area contributed by atoms with Crippen molar-refractivity contribution in [3.63, 3.8) is 0 Å². The highest BCUT2D eigenvalue weighted by Gasteiger charge is 2.31. The molecule has 0 saturated heterocycles. The highest BCUT2D eigenvalue weighted by atomic mass is 16.4. The monoisotopic (exact) mass is 431 g/mol. The molecule has 0 aromatic carbocycles. The van der Waals surface area contributed by atoms with E-state index in [1.54, 1.807) is 13.8 Å². The van der Waals surface area contributed by atoms with Crippen LogP contribution >= 0.6 is 0 Å². The fourth-order valence-electron chi connectivity index (χ4n) is 2.43. The Labute approximate surface area is 175 Å². The molecule has 0 saturated carbocycles. The van der Waals surface area contributed by atoms with Crippen molar-refractivity contribution in [3.05, 3.63) is 0 Å². The van der Waals surface area contributed by atoms with Gasteiger partial charge >= 0.3 is 5.97 Å². The van der Waals surface area contributed by atoms with Crippen LogP contribution in [-0.4, -0.2) is 70.1 Å². The molecule has 0 aliphatic heterocycles. The van der Waals surface area contributed by atoms with E-state index in [1.807, 2.05) is 0 Å². The predicted octanol–water partition coefficient (Wildman–Crippen LogP) is -2.43. The quantitative estimate of drug-likeness (QED) is 0.166. The fourth-order valence-corrected chi connectivity index (χ4v) is 2.43. The van der Waals surface area contributed by atoms with Crippen molar-refractivity contribution in [2.75, 3.05) is 0 Å². The van der Waals surface area contributed by atoms with Crippen LogP contribution in [0.5, 0.6) is 0 Å². The van der Waals surface area contributed by atoms with Gasteiger partial charge in [0.2, 0.25) is 23.6 Å². The minimum absolute atomic E-state index is 0.0186. The molecule has 6 atom stereocenters. The highest BCUT2D eigenvalue weighted by molar-refractivity contribution is 5.94. The van der Waals surface area contributed by atoms with E-state index in [-0.39, 0.29) is 18.8 Å². The van der Waals surface area contributed by atoms with Crippen molar-refractivity contribution in [1.29, 1.82) is 0 Å². The zero-order valence-corrected chi connectivity index (χ0v) is 17.7. The molecule has 0 aliphatic rings. The molecule has 172 valence electrons. The summed E-state index contributed by atoms with van der Waals surface area (Å²) in [4.78, 5) is 59.0. The van der Waals surface area contributed by atoms with Gasteiger partial charge in [-0.1, -0.05) is 20.3 Å². The van der Waals surface area contributed by atoms with E-state index in [0.717, 1.165) is 0 Å². The Bertz CT molecular complexity index is 640. The lowest BCUT2D eigenvalue weighted by Crippen LogP contribution is -2.58. The van der Waals surface area contributed by atoms with E-state index in [4.69, 9.17) is 16.6 Å². The maximum atomic E-state index is 12.6. The normalized spacial score (nSPS) is 16.9. The maximum absolute atomic E-state index is 12.6. The van der Waals surface area contributed by atoms with Gasteiger partial charge in [-0.3, -0.25) is 19.2 Å². The number of aliphatic hydroxyl groups is 1. The lowest BCUT2D eigenvalue weighted by molar-refractivity contribution is -0.145. The molecular formula is C18H33N5O7. The molecule has 9 N–H and O–H groups in total. The summed E-state index contributed by atoms with van der Waals surface area (Å²) in [5.74, 6) is -4.46. The standard InChI is InChI=1S/C18H33N5O7/c1-5-8(2)13(22-16(27)11(19)6-7-12(20)25)17(28)21-9(3)15(26)23-14(10(4)24)18(29)30/h8-11,13-14,24H,5-7,19H2,1-4H3,(H2,20,25)(H,21,28)(H,22,27)(H,23,26)(H,29,30). The molecule has 12 heteroatoms. The van der Waals surface area contributed by atoms with E-state index < -0.39 is 59.9 Å². The Morgan fingerprint density at radius 3 is 1.87 bits per heavy atom. The van der Waals surface area contributed by atoms with Gasteiger partial charge in [-0.2, -0.15) is 0 Å². The molecule has 30 heavy (non-hydrogen) atoms. The number of primary amides is 1. The molecular weight excluding hydrogens is 398 g/mol. The maximum Gasteiger partial charge on any atom is 0.328 e. The topological polar surface area (TPSA) is 214 Å². The first-order valence-corrected chi connectivity index (χ1v) is 9.67. The second-order valence-corrected chi connectivity index (χ2v) is 7.28. The Balaban J connectivity index is 5.10. The number of hydrogen-bond donors (Lipinski definition) is 7. The Kier molecular flexibility index (Phi) is 11.6. The molecule has 0 spiro atoms. The minimum atomic E-state index is -1.54. The van der Waals surface area contributed by atoms with Crippen LogP contribution in [0.4, 0.5) is 0 Å². The van der Waals surface area contributed by atoms with Gasteiger partial charge in [-0.05, 0) is 26.2 Å². The number of rotatable bonds is 13. The van der Waals surface area contributed by atoms with Crippen LogP contribution < -0.4 is 27.4 Å². The van der Waals surface area contributed by atoms with Crippen molar-refractivity contribution in [2.24, 2.45) is 17.4 Å². The number of carbonyl (C=O) groups is 5. The van der Waals surface area contributed by atoms with Crippen LogP contribution in [0.3, 0.4) is 0 Å². The summed E-state index contributed by atoms with van der Waals surface area (Å²) in [5.41, 5.74) is 10.8. The first-order valence-electron chi connectivity index (χ1n) is 9.67. The lowest BCUT2D eigenvalue weighted by atomic mass is 9.97. The third-order valence-electron chi connectivity index (χ3n) is 4.63. The van der Waals surface area contributed by atoms with Crippen molar-refractivity contribution >= 4 is 29.6 Å². The number of aliphatic hydroxyl groups excluding tert-OH is 1. The molecule has 0 aliphatic carbocycles. The van der Waals surface area contributed by atoms with Gasteiger partial charge in [-0.15, -0.1) is 0 Å². The van der Waals surface area contributed by atoms with Gasteiger partial charge in [0, 0.05) is 6.42 Å². The number of nitrogens with one attached hydrogen (secondary N) is 3. The van der Waals surface area contributed by atoms with Crippen molar-refractivity contribution in [1.82, 2.24) is 16.0 Å². The highest BCUT2D eigenvalue weighted by Crippen LogP contribution is 2.09. The molecule has 0 aromatic rings. The van der Waals surface area contributed by atoms with Gasteiger partial charge in [0.1, 0.15) is 12.1 Å². The van der Waals surface area contributed by atoms with Crippen LogP contribution in [0.2, 0.25) is 0 Å². The van der Waals surface area contributed by atoms with E-state index in [0.29, 0.717) is 6.42 Å². The molecule has 6 unspecified atom stereocenters. The van der Waals surface area contributed by atoms with Gasteiger partial charge in [0.25, 0.3) is 0 Å². The third kappa shape index (κ3) is 9.18. The van der Waals surface area contributed by atoms with Gasteiger partial charge in [-0.25, -0.2) is 4.79 Å². The van der Waals surface area contributed by atoms with Crippen molar-refractivity contribution in [3.8, 4) is 0 Å². The van der Waals surface area contributed by atoms with Crippen molar-refractivity contribution < 1.29 is 34.2 Å². The van der Waals surface area contributed by atoms with E-state index in [2.05, 4.69) is 16.0 Å². The first-order chi connectivity index (χ1) is 13.8. The summed E-state index contributed by atoms with van der Waals surface area (Å²) in [6, 6.07) is -4.72. The summed E-state index contributed by atoms with van der Waals surface area (Å²) < 4.78 is 0.